The minimum atomic E-state index is -1.02. The van der Waals surface area contributed by atoms with E-state index < -0.39 is 23.5 Å². The number of esters is 1. The molecule has 4 rings (SSSR count). The summed E-state index contributed by atoms with van der Waals surface area (Å²) in [5.74, 6) is -2.55. The predicted molar refractivity (Wildman–Crippen MR) is 145 cm³/mol. The molecule has 1 N–H and O–H groups in total. The van der Waals surface area contributed by atoms with Gasteiger partial charge in [-0.1, -0.05) is 35.3 Å². The van der Waals surface area contributed by atoms with Crippen molar-refractivity contribution in [2.24, 2.45) is 0 Å². The number of nitrogens with zero attached hydrogens (tertiary/aromatic N) is 2. The molecule has 0 saturated carbocycles. The highest BCUT2D eigenvalue weighted by Crippen LogP contribution is 2.48. The summed E-state index contributed by atoms with van der Waals surface area (Å²) >= 11 is 12.7. The summed E-state index contributed by atoms with van der Waals surface area (Å²) in [5, 5.41) is 11.6. The number of halogens is 2. The molecule has 39 heavy (non-hydrogen) atoms. The smallest absolute Gasteiger partial charge is 0.310 e. The first-order chi connectivity index (χ1) is 18.7. The lowest BCUT2D eigenvalue weighted by molar-refractivity contribution is -0.142. The van der Waals surface area contributed by atoms with E-state index in [2.05, 4.69) is 4.98 Å². The Hall–Kier alpha value is -4.08. The summed E-state index contributed by atoms with van der Waals surface area (Å²) in [6.07, 6.45) is 3.08. The Balaban J connectivity index is 1.88. The number of benzene rings is 2. The zero-order valence-electron chi connectivity index (χ0n) is 21.2. The second kappa shape index (κ2) is 11.8. The second-order valence-electron chi connectivity index (χ2n) is 8.38. The number of anilines is 1. The fourth-order valence-electron chi connectivity index (χ4n) is 4.40. The van der Waals surface area contributed by atoms with Crippen molar-refractivity contribution in [1.29, 1.82) is 0 Å². The Labute approximate surface area is 234 Å². The highest BCUT2D eigenvalue weighted by Gasteiger charge is 2.47. The quantitative estimate of drug-likeness (QED) is 0.171. The normalized spacial score (nSPS) is 16.3. The number of aliphatic hydroxyl groups excluding tert-OH is 1. The van der Waals surface area contributed by atoms with Gasteiger partial charge in [0.2, 0.25) is 0 Å². The molecule has 2 heterocycles. The van der Waals surface area contributed by atoms with Gasteiger partial charge in [0.25, 0.3) is 11.7 Å². The van der Waals surface area contributed by atoms with Crippen LogP contribution in [0.5, 0.6) is 11.5 Å². The summed E-state index contributed by atoms with van der Waals surface area (Å²) in [4.78, 5) is 44.0. The van der Waals surface area contributed by atoms with Gasteiger partial charge in [-0.25, -0.2) is 0 Å². The number of pyridine rings is 1. The van der Waals surface area contributed by atoms with E-state index in [4.69, 9.17) is 37.4 Å². The van der Waals surface area contributed by atoms with Crippen LogP contribution in [0, 0.1) is 0 Å². The fourth-order valence-corrected chi connectivity index (χ4v) is 5.09. The third kappa shape index (κ3) is 5.28. The topological polar surface area (TPSA) is 115 Å². The van der Waals surface area contributed by atoms with Crippen molar-refractivity contribution in [3.05, 3.63) is 87.2 Å². The Morgan fingerprint density at radius 1 is 1.03 bits per heavy atom. The second-order valence-corrected chi connectivity index (χ2v) is 9.17. The van der Waals surface area contributed by atoms with Gasteiger partial charge in [-0.05, 0) is 48.4 Å². The number of aliphatic hydroxyl groups is 1. The average Bonchev–Trinajstić information content (AvgIpc) is 3.19. The largest absolute Gasteiger partial charge is 0.507 e. The summed E-state index contributed by atoms with van der Waals surface area (Å²) in [6.45, 7) is 1.99. The van der Waals surface area contributed by atoms with Crippen LogP contribution in [0.3, 0.4) is 0 Å². The van der Waals surface area contributed by atoms with Crippen LogP contribution >= 0.6 is 23.2 Å². The number of hydrogen-bond donors (Lipinski definition) is 1. The molecule has 202 valence electrons. The van der Waals surface area contributed by atoms with Crippen molar-refractivity contribution in [2.45, 2.75) is 19.4 Å². The van der Waals surface area contributed by atoms with Crippen molar-refractivity contribution >= 4 is 52.3 Å². The molecule has 2 aromatic carbocycles. The number of ether oxygens (including phenoxy) is 3. The summed E-state index contributed by atoms with van der Waals surface area (Å²) in [6, 6.07) is 10.2. The molecule has 0 bridgehead atoms. The van der Waals surface area contributed by atoms with Gasteiger partial charge in [0.15, 0.2) is 11.5 Å². The molecular formula is C28H24Cl2N2O7. The van der Waals surface area contributed by atoms with Gasteiger partial charge < -0.3 is 19.3 Å². The molecule has 1 aliphatic heterocycles. The van der Waals surface area contributed by atoms with Gasteiger partial charge in [-0.3, -0.25) is 24.3 Å². The first kappa shape index (κ1) is 27.9. The molecule has 1 atom stereocenters. The maximum atomic E-state index is 13.4. The number of rotatable bonds is 8. The lowest BCUT2D eigenvalue weighted by atomic mass is 9.95. The Morgan fingerprint density at radius 2 is 1.67 bits per heavy atom. The van der Waals surface area contributed by atoms with E-state index in [-0.39, 0.29) is 51.7 Å². The third-order valence-corrected chi connectivity index (χ3v) is 6.75. The SMILES string of the molecule is CCOC(=O)Cc1ccc(N2C(=O)C(=O)/C(=C(/O)c3cc(Cl)c(OC)c(Cl)c3OC)C2c2ccncc2)cc1. The van der Waals surface area contributed by atoms with Crippen molar-refractivity contribution in [3.63, 3.8) is 0 Å². The summed E-state index contributed by atoms with van der Waals surface area (Å²) in [5.41, 5.74) is 1.38. The van der Waals surface area contributed by atoms with Gasteiger partial charge in [0, 0.05) is 18.1 Å². The molecule has 9 nitrogen and oxygen atoms in total. The first-order valence-electron chi connectivity index (χ1n) is 11.8. The number of aromatic nitrogens is 1. The molecule has 11 heteroatoms. The fraction of sp³-hybridized carbons (Fsp3) is 0.214. The zero-order chi connectivity index (χ0) is 28.3. The molecule has 1 unspecified atom stereocenters. The predicted octanol–water partition coefficient (Wildman–Crippen LogP) is 5.14. The number of Topliss-reactive ketones (excluding diaryl/α,β-unsaturated/α-hetero) is 1. The molecule has 1 saturated heterocycles. The molecule has 0 radical (unpaired) electrons. The average molecular weight is 571 g/mol. The van der Waals surface area contributed by atoms with Crippen LogP contribution < -0.4 is 14.4 Å². The molecule has 3 aromatic rings. The van der Waals surface area contributed by atoms with Crippen LogP contribution in [0.2, 0.25) is 10.0 Å². The maximum Gasteiger partial charge on any atom is 0.310 e. The highest BCUT2D eigenvalue weighted by atomic mass is 35.5. The number of carbonyl (C=O) groups excluding carboxylic acids is 3. The maximum absolute atomic E-state index is 13.4. The van der Waals surface area contributed by atoms with Crippen molar-refractivity contribution < 1.29 is 33.7 Å². The van der Waals surface area contributed by atoms with E-state index in [9.17, 15) is 19.5 Å². The van der Waals surface area contributed by atoms with E-state index in [0.29, 0.717) is 16.8 Å². The third-order valence-electron chi connectivity index (χ3n) is 6.13. The monoisotopic (exact) mass is 570 g/mol. The van der Waals surface area contributed by atoms with Crippen LogP contribution in [0.4, 0.5) is 5.69 Å². The van der Waals surface area contributed by atoms with E-state index in [1.54, 1.807) is 43.3 Å². The first-order valence-corrected chi connectivity index (χ1v) is 12.5. The van der Waals surface area contributed by atoms with Gasteiger partial charge in [0.1, 0.15) is 10.8 Å². The summed E-state index contributed by atoms with van der Waals surface area (Å²) < 4.78 is 15.6. The molecule has 1 fully saturated rings. The number of amides is 1. The Kier molecular flexibility index (Phi) is 8.42. The lowest BCUT2D eigenvalue weighted by Crippen LogP contribution is -2.29. The van der Waals surface area contributed by atoms with Crippen LogP contribution in [-0.2, 0) is 25.5 Å². The van der Waals surface area contributed by atoms with E-state index in [0.717, 1.165) is 0 Å². The Bertz CT molecular complexity index is 1460. The lowest BCUT2D eigenvalue weighted by Gasteiger charge is -2.25. The minimum Gasteiger partial charge on any atom is -0.507 e. The molecule has 0 aliphatic carbocycles. The van der Waals surface area contributed by atoms with Gasteiger partial charge in [0.05, 0.1) is 49.4 Å². The van der Waals surface area contributed by atoms with Gasteiger partial charge in [-0.2, -0.15) is 0 Å². The zero-order valence-corrected chi connectivity index (χ0v) is 22.7. The minimum absolute atomic E-state index is 0.00939. The van der Waals surface area contributed by atoms with E-state index in [1.807, 2.05) is 0 Å². The highest BCUT2D eigenvalue weighted by molar-refractivity contribution is 6.52. The number of methoxy groups -OCH3 is 2. The van der Waals surface area contributed by atoms with Crippen molar-refractivity contribution in [1.82, 2.24) is 4.98 Å². The van der Waals surface area contributed by atoms with E-state index >= 15 is 0 Å². The van der Waals surface area contributed by atoms with Gasteiger partial charge in [-0.15, -0.1) is 0 Å². The van der Waals surface area contributed by atoms with Crippen LogP contribution in [0.15, 0.2) is 60.4 Å². The van der Waals surface area contributed by atoms with Crippen LogP contribution in [-0.4, -0.2) is 48.6 Å². The standard InChI is InChI=1S/C28H24Cl2N2O7/c1-4-39-20(33)13-15-5-7-17(8-6-15)32-23(16-9-11-31-12-10-16)21(25(35)28(32)36)24(34)18-14-19(29)27(38-3)22(30)26(18)37-2/h5-12,14,23,34H,4,13H2,1-3H3/b24-21+. The molecule has 1 aliphatic rings. The van der Waals surface area contributed by atoms with Crippen molar-refractivity contribution in [3.8, 4) is 11.5 Å². The summed E-state index contributed by atoms with van der Waals surface area (Å²) in [7, 11) is 2.71. The van der Waals surface area contributed by atoms with Crippen LogP contribution in [0.25, 0.3) is 5.76 Å². The van der Waals surface area contributed by atoms with E-state index in [1.165, 1.54) is 37.6 Å². The van der Waals surface area contributed by atoms with Crippen LogP contribution in [0.1, 0.15) is 29.7 Å². The van der Waals surface area contributed by atoms with Crippen molar-refractivity contribution in [2.75, 3.05) is 25.7 Å². The number of hydrogen-bond acceptors (Lipinski definition) is 8. The molecule has 0 spiro atoms. The number of carbonyl (C=O) groups is 3. The molecule has 1 amide bonds. The Morgan fingerprint density at radius 3 is 2.26 bits per heavy atom. The van der Waals surface area contributed by atoms with Gasteiger partial charge >= 0.3 is 5.97 Å². The number of ketones is 1. The molecular weight excluding hydrogens is 547 g/mol. The molecule has 1 aromatic heterocycles.